The summed E-state index contributed by atoms with van der Waals surface area (Å²) in [5.74, 6) is 1.92. The molecule has 0 amide bonds. The molecular weight excluding hydrogens is 565 g/mol. The number of benzene rings is 2. The SMILES string of the molecule is O=S(Oc1ccc(S(=O)(=O)O)c2c1CCCCC2)c1c(C2CCCCC2)cc(C2CCCCC2)cc1C1CCCCC1. The molecule has 4 aliphatic rings. The van der Waals surface area contributed by atoms with Crippen LogP contribution >= 0.6 is 0 Å². The van der Waals surface area contributed by atoms with Gasteiger partial charge in [0, 0.05) is 5.56 Å². The largest absolute Gasteiger partial charge is 0.397 e. The third kappa shape index (κ3) is 6.68. The smallest absolute Gasteiger partial charge is 0.294 e. The lowest BCUT2D eigenvalue weighted by Gasteiger charge is -2.32. The minimum absolute atomic E-state index is 0.0276. The summed E-state index contributed by atoms with van der Waals surface area (Å²) in [5, 5.41) is 0. The molecule has 230 valence electrons. The van der Waals surface area contributed by atoms with Crippen molar-refractivity contribution in [2.75, 3.05) is 0 Å². The Balaban J connectivity index is 1.45. The quantitative estimate of drug-likeness (QED) is 0.249. The Morgan fingerprint density at radius 1 is 0.643 bits per heavy atom. The highest BCUT2D eigenvalue weighted by Crippen LogP contribution is 2.46. The fraction of sp³-hybridized carbons (Fsp3) is 0.657. The van der Waals surface area contributed by atoms with Gasteiger partial charge in [-0.1, -0.05) is 76.3 Å². The van der Waals surface area contributed by atoms with E-state index >= 15 is 0 Å². The van der Waals surface area contributed by atoms with Gasteiger partial charge in [-0.2, -0.15) is 8.42 Å². The summed E-state index contributed by atoms with van der Waals surface area (Å²) in [6.45, 7) is 0. The van der Waals surface area contributed by atoms with Gasteiger partial charge in [-0.25, -0.2) is 4.21 Å². The molecule has 0 aromatic heterocycles. The molecule has 1 atom stereocenters. The van der Waals surface area contributed by atoms with Gasteiger partial charge >= 0.3 is 0 Å². The van der Waals surface area contributed by atoms with Crippen molar-refractivity contribution >= 4 is 21.2 Å². The first kappa shape index (κ1) is 30.3. The summed E-state index contributed by atoms with van der Waals surface area (Å²) < 4.78 is 55.5. The average molecular weight is 613 g/mol. The highest BCUT2D eigenvalue weighted by Gasteiger charge is 2.32. The van der Waals surface area contributed by atoms with E-state index in [-0.39, 0.29) is 4.90 Å². The lowest BCUT2D eigenvalue weighted by molar-refractivity contribution is 0.418. The zero-order valence-electron chi connectivity index (χ0n) is 25.1. The van der Waals surface area contributed by atoms with Crippen LogP contribution in [0.25, 0.3) is 0 Å². The molecule has 0 aliphatic heterocycles. The van der Waals surface area contributed by atoms with Crippen molar-refractivity contribution in [3.8, 4) is 5.75 Å². The van der Waals surface area contributed by atoms with Crippen LogP contribution in [0.3, 0.4) is 0 Å². The molecule has 7 heteroatoms. The van der Waals surface area contributed by atoms with E-state index < -0.39 is 21.2 Å². The Bertz CT molecular complexity index is 1340. The van der Waals surface area contributed by atoms with E-state index in [0.717, 1.165) is 55.4 Å². The third-order valence-electron chi connectivity index (χ3n) is 10.6. The molecule has 2 aromatic carbocycles. The maximum Gasteiger partial charge on any atom is 0.294 e. The molecule has 3 saturated carbocycles. The summed E-state index contributed by atoms with van der Waals surface area (Å²) in [6, 6.07) is 7.93. The van der Waals surface area contributed by atoms with E-state index in [1.807, 2.05) is 0 Å². The number of hydrogen-bond acceptors (Lipinski definition) is 4. The van der Waals surface area contributed by atoms with Crippen LogP contribution in [0, 0.1) is 0 Å². The first-order valence-corrected chi connectivity index (χ1v) is 19.3. The molecule has 42 heavy (non-hydrogen) atoms. The normalized spacial score (nSPS) is 22.3. The maximum absolute atomic E-state index is 14.6. The minimum atomic E-state index is -4.35. The lowest BCUT2D eigenvalue weighted by atomic mass is 9.76. The molecule has 2 aromatic rings. The van der Waals surface area contributed by atoms with Gasteiger partial charge in [0.05, 0.1) is 9.79 Å². The van der Waals surface area contributed by atoms with Gasteiger partial charge in [0.15, 0.2) is 0 Å². The average Bonchev–Trinajstić information content (AvgIpc) is 3.28. The monoisotopic (exact) mass is 612 g/mol. The van der Waals surface area contributed by atoms with Crippen molar-refractivity contribution in [1.29, 1.82) is 0 Å². The second kappa shape index (κ2) is 13.5. The zero-order valence-corrected chi connectivity index (χ0v) is 26.7. The predicted molar refractivity (Wildman–Crippen MR) is 168 cm³/mol. The minimum Gasteiger partial charge on any atom is -0.397 e. The number of hydrogen-bond donors (Lipinski definition) is 1. The fourth-order valence-corrected chi connectivity index (χ4v) is 10.4. The van der Waals surface area contributed by atoms with Crippen molar-refractivity contribution in [2.24, 2.45) is 0 Å². The molecule has 1 N–H and O–H groups in total. The van der Waals surface area contributed by atoms with Crippen LogP contribution in [0.1, 0.15) is 161 Å². The van der Waals surface area contributed by atoms with Crippen molar-refractivity contribution in [3.05, 3.63) is 52.1 Å². The molecule has 4 aliphatic carbocycles. The predicted octanol–water partition coefficient (Wildman–Crippen LogP) is 9.45. The van der Waals surface area contributed by atoms with Gasteiger partial charge < -0.3 is 4.18 Å². The molecule has 0 saturated heterocycles. The second-order valence-electron chi connectivity index (χ2n) is 13.4. The maximum atomic E-state index is 14.6. The van der Waals surface area contributed by atoms with Gasteiger partial charge in [-0.15, -0.1) is 0 Å². The summed E-state index contributed by atoms with van der Waals surface area (Å²) in [4.78, 5) is 0.884. The van der Waals surface area contributed by atoms with Crippen molar-refractivity contribution in [2.45, 2.75) is 156 Å². The summed E-state index contributed by atoms with van der Waals surface area (Å²) in [6.07, 6.45) is 22.4. The first-order chi connectivity index (χ1) is 20.4. The lowest BCUT2D eigenvalue weighted by Crippen LogP contribution is -2.18. The first-order valence-electron chi connectivity index (χ1n) is 16.8. The van der Waals surface area contributed by atoms with Crippen molar-refractivity contribution in [1.82, 2.24) is 0 Å². The Labute approximate surface area is 255 Å². The summed E-state index contributed by atoms with van der Waals surface area (Å²) in [5.41, 5.74) is 5.42. The van der Waals surface area contributed by atoms with E-state index in [1.54, 1.807) is 6.07 Å². The van der Waals surface area contributed by atoms with Crippen molar-refractivity contribution < 1.29 is 21.4 Å². The molecule has 6 rings (SSSR count). The van der Waals surface area contributed by atoms with Gasteiger partial charge in [-0.05, 0) is 116 Å². The molecule has 0 radical (unpaired) electrons. The molecule has 0 heterocycles. The Hall–Kier alpha value is -1.70. The third-order valence-corrected chi connectivity index (χ3v) is 12.7. The van der Waals surface area contributed by atoms with Crippen LogP contribution < -0.4 is 4.18 Å². The summed E-state index contributed by atoms with van der Waals surface area (Å²) >= 11 is -1.72. The molecule has 0 spiro atoms. The highest BCUT2D eigenvalue weighted by molar-refractivity contribution is 7.86. The standard InChI is InChI=1S/C35H48O5S2/c36-41(40-33-21-22-34(42(37,38)39)30-20-12-4-11-19-29(30)33)35-31(26-15-7-2-8-16-26)23-28(25-13-5-1-6-14-25)24-32(35)27-17-9-3-10-18-27/h21-27H,1-20H2,(H,37,38,39). The Kier molecular flexibility index (Phi) is 9.76. The van der Waals surface area contributed by atoms with Crippen molar-refractivity contribution in [3.63, 3.8) is 0 Å². The van der Waals surface area contributed by atoms with Gasteiger partial charge in [0.2, 0.25) is 11.1 Å². The molecule has 5 nitrogen and oxygen atoms in total. The zero-order chi connectivity index (χ0) is 29.1. The van der Waals surface area contributed by atoms with Gasteiger partial charge in [0.25, 0.3) is 10.1 Å². The molecule has 3 fully saturated rings. The number of rotatable bonds is 7. The molecular formula is C35H48O5S2. The van der Waals surface area contributed by atoms with Crippen LogP contribution in [0.4, 0.5) is 0 Å². The van der Waals surface area contributed by atoms with Gasteiger partial charge in [0.1, 0.15) is 5.75 Å². The van der Waals surface area contributed by atoms with Crippen LogP contribution in [0.5, 0.6) is 5.75 Å². The Morgan fingerprint density at radius 2 is 1.12 bits per heavy atom. The van der Waals surface area contributed by atoms with E-state index in [2.05, 4.69) is 12.1 Å². The van der Waals surface area contributed by atoms with Gasteiger partial charge in [-0.3, -0.25) is 4.55 Å². The molecule has 1 unspecified atom stereocenters. The van der Waals surface area contributed by atoms with Crippen LogP contribution in [0.2, 0.25) is 0 Å². The Morgan fingerprint density at radius 3 is 1.64 bits per heavy atom. The van der Waals surface area contributed by atoms with E-state index in [1.165, 1.54) is 93.4 Å². The van der Waals surface area contributed by atoms with E-state index in [9.17, 15) is 17.2 Å². The van der Waals surface area contributed by atoms with Crippen LogP contribution in [0.15, 0.2) is 34.1 Å². The number of fused-ring (bicyclic) bond motifs is 1. The second-order valence-corrected chi connectivity index (χ2v) is 15.8. The summed E-state index contributed by atoms with van der Waals surface area (Å²) in [7, 11) is -4.35. The van der Waals surface area contributed by atoms with E-state index in [4.69, 9.17) is 4.18 Å². The molecule has 0 bridgehead atoms. The fourth-order valence-electron chi connectivity index (χ4n) is 8.42. The van der Waals surface area contributed by atoms with Crippen LogP contribution in [-0.2, 0) is 34.0 Å². The van der Waals surface area contributed by atoms with Crippen LogP contribution in [-0.4, -0.2) is 17.2 Å². The topological polar surface area (TPSA) is 80.7 Å². The highest BCUT2D eigenvalue weighted by atomic mass is 32.2. The van der Waals surface area contributed by atoms with E-state index in [0.29, 0.717) is 41.9 Å².